The number of piperidine rings is 1. The fraction of sp³-hybridized carbons (Fsp3) is 0.372. The number of halogens is 2. The molecule has 8 rings (SSSR count). The molecule has 2 atom stereocenters. The van der Waals surface area contributed by atoms with Crippen molar-refractivity contribution in [1.82, 2.24) is 19.4 Å². The Hall–Kier alpha value is -4.61. The molecule has 0 spiro atoms. The van der Waals surface area contributed by atoms with Gasteiger partial charge in [-0.3, -0.25) is 9.59 Å². The highest BCUT2D eigenvalue weighted by Crippen LogP contribution is 2.45. The minimum absolute atomic E-state index is 0.0790. The summed E-state index contributed by atoms with van der Waals surface area (Å²) in [6, 6.07) is 26.7. The number of hydrogen-bond donors (Lipinski definition) is 0. The normalized spacial score (nSPS) is 20.4. The van der Waals surface area contributed by atoms with Gasteiger partial charge < -0.3 is 33.0 Å². The molecule has 3 aliphatic heterocycles. The van der Waals surface area contributed by atoms with E-state index in [0.717, 1.165) is 73.4 Å². The van der Waals surface area contributed by atoms with Gasteiger partial charge in [-0.15, -0.1) is 0 Å². The third kappa shape index (κ3) is 8.33. The number of ketones is 1. The molecule has 286 valence electrons. The highest BCUT2D eigenvalue weighted by Gasteiger charge is 2.47. The molecule has 10 nitrogen and oxygen atoms in total. The van der Waals surface area contributed by atoms with Crippen molar-refractivity contribution in [3.63, 3.8) is 0 Å². The zero-order valence-corrected chi connectivity index (χ0v) is 32.1. The van der Waals surface area contributed by atoms with Gasteiger partial charge in [0, 0.05) is 37.0 Å². The van der Waals surface area contributed by atoms with E-state index >= 15 is 0 Å². The molecule has 0 radical (unpaired) electrons. The zero-order chi connectivity index (χ0) is 37.8. The number of aromatic nitrogens is 2. The van der Waals surface area contributed by atoms with E-state index in [1.54, 1.807) is 30.7 Å². The number of hydrogen-bond acceptors (Lipinski definition) is 8. The Morgan fingerprint density at radius 3 is 2.55 bits per heavy atom. The lowest BCUT2D eigenvalue weighted by Crippen LogP contribution is -2.41. The number of carbonyl (C=O) groups is 2. The van der Waals surface area contributed by atoms with E-state index in [2.05, 4.69) is 17.0 Å². The number of Topliss-reactive ketones (excluding diaryl/α,β-unsaturated/α-hetero) is 1. The summed E-state index contributed by atoms with van der Waals surface area (Å²) in [4.78, 5) is 36.9. The van der Waals surface area contributed by atoms with Crippen LogP contribution in [0.1, 0.15) is 58.0 Å². The third-order valence-corrected chi connectivity index (χ3v) is 11.7. The molecule has 2 aromatic heterocycles. The van der Waals surface area contributed by atoms with Crippen LogP contribution in [-0.4, -0.2) is 76.7 Å². The van der Waals surface area contributed by atoms with Gasteiger partial charge >= 0.3 is 0 Å². The lowest BCUT2D eigenvalue weighted by molar-refractivity contribution is -0.0453. The van der Waals surface area contributed by atoms with Gasteiger partial charge in [-0.05, 0) is 93.3 Å². The van der Waals surface area contributed by atoms with Crippen LogP contribution in [0.5, 0.6) is 0 Å². The van der Waals surface area contributed by atoms with E-state index in [-0.39, 0.29) is 17.6 Å². The first kappa shape index (κ1) is 37.3. The van der Waals surface area contributed by atoms with Gasteiger partial charge in [0.25, 0.3) is 5.91 Å². The van der Waals surface area contributed by atoms with Crippen LogP contribution in [0.4, 0.5) is 0 Å². The van der Waals surface area contributed by atoms with Gasteiger partial charge in [0.05, 0.1) is 39.9 Å². The quantitative estimate of drug-likeness (QED) is 0.0818. The fourth-order valence-electron chi connectivity index (χ4n) is 8.08. The Morgan fingerprint density at radius 2 is 1.75 bits per heavy atom. The summed E-state index contributed by atoms with van der Waals surface area (Å²) in [7, 11) is 0. The Labute approximate surface area is 330 Å². The minimum atomic E-state index is -0.434. The molecule has 0 N–H and O–H groups in total. The van der Waals surface area contributed by atoms with Gasteiger partial charge in [0.1, 0.15) is 24.4 Å². The van der Waals surface area contributed by atoms with Gasteiger partial charge in [-0.25, -0.2) is 4.98 Å². The number of benzene rings is 3. The van der Waals surface area contributed by atoms with E-state index in [1.165, 1.54) is 0 Å². The molecule has 12 heteroatoms. The summed E-state index contributed by atoms with van der Waals surface area (Å²) in [5, 5.41) is 0.822. The fourth-order valence-corrected chi connectivity index (χ4v) is 8.56. The Morgan fingerprint density at radius 1 is 0.927 bits per heavy atom. The van der Waals surface area contributed by atoms with Crippen molar-refractivity contribution in [2.45, 2.75) is 51.5 Å². The molecule has 55 heavy (non-hydrogen) atoms. The largest absolute Gasteiger partial charge is 0.467 e. The molecular formula is C43H44Cl2N4O6. The minimum Gasteiger partial charge on any atom is -0.467 e. The van der Waals surface area contributed by atoms with Crippen LogP contribution in [0, 0.1) is 11.3 Å². The van der Waals surface area contributed by atoms with Crippen molar-refractivity contribution < 1.29 is 28.2 Å². The first-order valence-corrected chi connectivity index (χ1v) is 19.7. The lowest BCUT2D eigenvalue weighted by atomic mass is 9.81. The number of amides is 1. The van der Waals surface area contributed by atoms with Crippen molar-refractivity contribution in [3.05, 3.63) is 136 Å². The van der Waals surface area contributed by atoms with E-state index in [9.17, 15) is 9.59 Å². The highest BCUT2D eigenvalue weighted by atomic mass is 35.5. The number of likely N-dealkylation sites (tertiary alicyclic amines) is 2. The number of nitrogens with zero attached hydrogens (tertiary/aromatic N) is 4. The van der Waals surface area contributed by atoms with Gasteiger partial charge in [0.15, 0.2) is 5.82 Å². The molecule has 0 saturated carbocycles. The summed E-state index contributed by atoms with van der Waals surface area (Å²) in [6.45, 7) is 4.72. The number of imidazole rings is 1. The maximum absolute atomic E-state index is 14.1. The van der Waals surface area contributed by atoms with Crippen LogP contribution in [0.3, 0.4) is 0 Å². The maximum Gasteiger partial charge on any atom is 0.255 e. The van der Waals surface area contributed by atoms with Gasteiger partial charge in [0.2, 0.25) is 12.1 Å². The van der Waals surface area contributed by atoms with E-state index in [1.807, 2.05) is 64.1 Å². The maximum atomic E-state index is 14.1. The first-order chi connectivity index (χ1) is 26.8. The molecule has 5 aromatic rings. The SMILES string of the molecule is O=C(c1nc2ccccc2n1CCOCc1ccco1)C1CCN(CCC2(C3=COC(Cc4ccccc4)O3)CCN(C(=O)c3ccc(Cl)cc3Cl)C2)CC1. The average Bonchev–Trinajstić information content (AvgIpc) is 4.04. The lowest BCUT2D eigenvalue weighted by Gasteiger charge is -2.35. The van der Waals surface area contributed by atoms with Crippen molar-refractivity contribution >= 4 is 45.9 Å². The van der Waals surface area contributed by atoms with Gasteiger partial charge in [-0.1, -0.05) is 65.7 Å². The molecule has 2 saturated heterocycles. The Kier molecular flexibility index (Phi) is 11.3. The molecule has 3 aliphatic rings. The zero-order valence-electron chi connectivity index (χ0n) is 30.6. The second kappa shape index (κ2) is 16.6. The van der Waals surface area contributed by atoms with E-state index < -0.39 is 11.7 Å². The predicted molar refractivity (Wildman–Crippen MR) is 210 cm³/mol. The second-order valence-electron chi connectivity index (χ2n) is 14.7. The van der Waals surface area contributed by atoms with Crippen LogP contribution in [0.25, 0.3) is 11.0 Å². The first-order valence-electron chi connectivity index (χ1n) is 19.0. The molecular weight excluding hydrogens is 739 g/mol. The Bertz CT molecular complexity index is 2150. The summed E-state index contributed by atoms with van der Waals surface area (Å²) >= 11 is 12.6. The smallest absolute Gasteiger partial charge is 0.255 e. The van der Waals surface area contributed by atoms with Crippen LogP contribution in [0.2, 0.25) is 10.0 Å². The third-order valence-electron chi connectivity index (χ3n) is 11.2. The Balaban J connectivity index is 0.920. The molecule has 0 aliphatic carbocycles. The monoisotopic (exact) mass is 782 g/mol. The van der Waals surface area contributed by atoms with Crippen molar-refractivity contribution in [3.8, 4) is 0 Å². The van der Waals surface area contributed by atoms with Crippen LogP contribution >= 0.6 is 23.2 Å². The van der Waals surface area contributed by atoms with Crippen molar-refractivity contribution in [2.75, 3.05) is 39.3 Å². The molecule has 2 fully saturated rings. The van der Waals surface area contributed by atoms with Gasteiger partial charge in [-0.2, -0.15) is 0 Å². The standard InChI is InChI=1S/C43H44Cl2N4O6/c44-32-12-13-34(35(45)26-32)42(51)48-21-17-43(29-48,38-28-54-39(55-38)25-30-7-2-1-3-8-30)16-20-47-18-14-31(15-19-47)40(50)41-46-36-10-4-5-11-37(36)49(41)22-24-52-27-33-9-6-23-53-33/h1-13,23,26,28,31,39H,14-22,24-25,27,29H2. The second-order valence-corrected chi connectivity index (χ2v) is 15.5. The molecule has 5 heterocycles. The van der Waals surface area contributed by atoms with E-state index in [4.69, 9.17) is 46.8 Å². The van der Waals surface area contributed by atoms with Crippen molar-refractivity contribution in [2.24, 2.45) is 11.3 Å². The molecule has 0 bridgehead atoms. The molecule has 3 aromatic carbocycles. The van der Waals surface area contributed by atoms with Crippen LogP contribution in [-0.2, 0) is 33.8 Å². The molecule has 1 amide bonds. The summed E-state index contributed by atoms with van der Waals surface area (Å²) < 4.78 is 25.9. The summed E-state index contributed by atoms with van der Waals surface area (Å²) in [5.41, 5.74) is 2.86. The topological polar surface area (TPSA) is 99.3 Å². The predicted octanol–water partition coefficient (Wildman–Crippen LogP) is 8.43. The highest BCUT2D eigenvalue weighted by molar-refractivity contribution is 6.36. The van der Waals surface area contributed by atoms with Crippen LogP contribution in [0.15, 0.2) is 108 Å². The number of rotatable bonds is 14. The number of para-hydroxylation sites is 2. The molecule has 2 unspecified atom stereocenters. The number of furan rings is 1. The van der Waals surface area contributed by atoms with Crippen molar-refractivity contribution in [1.29, 1.82) is 0 Å². The number of carbonyl (C=O) groups excluding carboxylic acids is 2. The summed E-state index contributed by atoms with van der Waals surface area (Å²) in [6.07, 6.45) is 6.56. The van der Waals surface area contributed by atoms with E-state index in [0.29, 0.717) is 60.7 Å². The number of ether oxygens (including phenoxy) is 3. The summed E-state index contributed by atoms with van der Waals surface area (Å²) in [5.74, 6) is 1.87. The number of fused-ring (bicyclic) bond motifs is 1. The van der Waals surface area contributed by atoms with Crippen LogP contribution < -0.4 is 0 Å². The average molecular weight is 784 g/mol.